The highest BCUT2D eigenvalue weighted by molar-refractivity contribution is 9.10. The molecule has 0 aliphatic carbocycles. The number of pyridine rings is 1. The molecule has 1 atom stereocenters. The zero-order valence-electron chi connectivity index (χ0n) is 9.57. The second-order valence-corrected chi connectivity index (χ2v) is 6.51. The van der Waals surface area contributed by atoms with Crippen molar-refractivity contribution in [1.82, 2.24) is 10.3 Å². The first kappa shape index (κ1) is 12.0. The molecule has 0 aromatic carbocycles. The minimum absolute atomic E-state index is 0.0604. The smallest absolute Gasteiger partial charge is 0.257 e. The van der Waals surface area contributed by atoms with Crippen molar-refractivity contribution >= 4 is 39.4 Å². The molecule has 2 aliphatic rings. The van der Waals surface area contributed by atoms with E-state index in [1.54, 1.807) is 18.0 Å². The lowest BCUT2D eigenvalue weighted by molar-refractivity contribution is -0.117. The predicted octanol–water partition coefficient (Wildman–Crippen LogP) is 2.38. The minimum atomic E-state index is 0.0604. The van der Waals surface area contributed by atoms with E-state index in [2.05, 4.69) is 26.2 Å². The number of nitrogens with zero attached hydrogens (tertiary/aromatic N) is 1. The van der Waals surface area contributed by atoms with Gasteiger partial charge < -0.3 is 11.1 Å². The largest absolute Gasteiger partial charge is 0.383 e. The Morgan fingerprint density at radius 3 is 3.17 bits per heavy atom. The minimum Gasteiger partial charge on any atom is -0.383 e. The Morgan fingerprint density at radius 1 is 1.56 bits per heavy atom. The van der Waals surface area contributed by atoms with E-state index in [1.165, 1.54) is 5.57 Å². The van der Waals surface area contributed by atoms with Crippen LogP contribution in [-0.2, 0) is 4.79 Å². The number of aromatic nitrogens is 1. The second-order valence-electron chi connectivity index (χ2n) is 4.38. The fourth-order valence-corrected chi connectivity index (χ4v) is 4.08. The second kappa shape index (κ2) is 4.59. The molecule has 0 saturated carbocycles. The maximum Gasteiger partial charge on any atom is 0.257 e. The van der Waals surface area contributed by atoms with Crippen molar-refractivity contribution in [3.05, 3.63) is 32.8 Å². The summed E-state index contributed by atoms with van der Waals surface area (Å²) in [4.78, 5) is 16.8. The fourth-order valence-electron chi connectivity index (χ4n) is 2.32. The topological polar surface area (TPSA) is 68.0 Å². The van der Waals surface area contributed by atoms with Crippen molar-refractivity contribution in [3.8, 4) is 0 Å². The van der Waals surface area contributed by atoms with Crippen molar-refractivity contribution in [3.63, 3.8) is 0 Å². The van der Waals surface area contributed by atoms with Gasteiger partial charge in [-0.15, -0.1) is 11.8 Å². The Kier molecular flexibility index (Phi) is 3.07. The number of carbonyl (C=O) groups excluding carboxylic acids is 1. The Morgan fingerprint density at radius 2 is 2.39 bits per heavy atom. The van der Waals surface area contributed by atoms with Gasteiger partial charge in [0.25, 0.3) is 5.91 Å². The van der Waals surface area contributed by atoms with Crippen LogP contribution < -0.4 is 11.1 Å². The molecular weight excluding hydrogens is 314 g/mol. The number of hydrogen-bond acceptors (Lipinski definition) is 4. The van der Waals surface area contributed by atoms with Gasteiger partial charge in [-0.05, 0) is 40.4 Å². The van der Waals surface area contributed by atoms with Gasteiger partial charge in [-0.3, -0.25) is 4.79 Å². The van der Waals surface area contributed by atoms with Crippen molar-refractivity contribution < 1.29 is 4.79 Å². The molecule has 0 saturated heterocycles. The summed E-state index contributed by atoms with van der Waals surface area (Å²) in [6, 6.07) is 2.00. The molecule has 1 unspecified atom stereocenters. The standard InChI is InChI=1S/C12H12BrN3OS/c13-7-4-8(11(14)16-5-7)9-3-6-1-2-15-12(17)10(6)18-9/h4-5,9H,1-3H2,(H2,14,16)(H,15,17). The third kappa shape index (κ3) is 2.03. The number of nitrogens with one attached hydrogen (secondary N) is 1. The van der Waals surface area contributed by atoms with Crippen molar-refractivity contribution in [2.24, 2.45) is 0 Å². The van der Waals surface area contributed by atoms with Crippen molar-refractivity contribution in [2.45, 2.75) is 18.1 Å². The van der Waals surface area contributed by atoms with Gasteiger partial charge in [0.05, 0.1) is 4.91 Å². The molecule has 0 radical (unpaired) electrons. The molecule has 3 N–H and O–H groups in total. The van der Waals surface area contributed by atoms with Gasteiger partial charge in [-0.25, -0.2) is 4.98 Å². The summed E-state index contributed by atoms with van der Waals surface area (Å²) < 4.78 is 0.918. The van der Waals surface area contributed by atoms with E-state index in [1.807, 2.05) is 6.07 Å². The lowest BCUT2D eigenvalue weighted by atomic mass is 10.0. The van der Waals surface area contributed by atoms with Crippen LogP contribution in [0.5, 0.6) is 0 Å². The average molecular weight is 326 g/mol. The van der Waals surface area contributed by atoms with Gasteiger partial charge in [0.2, 0.25) is 0 Å². The summed E-state index contributed by atoms with van der Waals surface area (Å²) in [6.07, 6.45) is 3.54. The zero-order valence-corrected chi connectivity index (χ0v) is 12.0. The number of amides is 1. The van der Waals surface area contributed by atoms with Gasteiger partial charge in [0.1, 0.15) is 5.82 Å². The maximum absolute atomic E-state index is 11.8. The van der Waals surface area contributed by atoms with Crippen LogP contribution >= 0.6 is 27.7 Å². The normalized spacial score (nSPS) is 22.9. The third-order valence-corrected chi connectivity index (χ3v) is 5.04. The first-order chi connectivity index (χ1) is 8.65. The van der Waals surface area contributed by atoms with Crippen LogP contribution in [0.3, 0.4) is 0 Å². The van der Waals surface area contributed by atoms with Crippen LogP contribution in [0.25, 0.3) is 0 Å². The molecule has 6 heteroatoms. The first-order valence-electron chi connectivity index (χ1n) is 5.73. The quantitative estimate of drug-likeness (QED) is 0.831. The summed E-state index contributed by atoms with van der Waals surface area (Å²) >= 11 is 5.02. The number of anilines is 1. The summed E-state index contributed by atoms with van der Waals surface area (Å²) in [5.41, 5.74) is 8.20. The molecule has 0 spiro atoms. The number of rotatable bonds is 1. The van der Waals surface area contributed by atoms with Gasteiger partial charge in [0.15, 0.2) is 0 Å². The highest BCUT2D eigenvalue weighted by Crippen LogP contribution is 2.50. The lowest BCUT2D eigenvalue weighted by Gasteiger charge is -2.13. The van der Waals surface area contributed by atoms with Gasteiger partial charge in [0, 0.05) is 28.0 Å². The van der Waals surface area contributed by atoms with Crippen molar-refractivity contribution in [2.75, 3.05) is 12.3 Å². The van der Waals surface area contributed by atoms with Crippen LogP contribution in [-0.4, -0.2) is 17.4 Å². The Bertz CT molecular complexity index is 558. The molecule has 2 aliphatic heterocycles. The van der Waals surface area contributed by atoms with E-state index in [0.29, 0.717) is 5.82 Å². The average Bonchev–Trinajstić information content (AvgIpc) is 2.77. The van der Waals surface area contributed by atoms with E-state index in [-0.39, 0.29) is 11.2 Å². The summed E-state index contributed by atoms with van der Waals surface area (Å²) in [5.74, 6) is 0.612. The van der Waals surface area contributed by atoms with Crippen LogP contribution in [0, 0.1) is 0 Å². The van der Waals surface area contributed by atoms with E-state index < -0.39 is 0 Å². The Hall–Kier alpha value is -1.01. The molecule has 3 heterocycles. The van der Waals surface area contributed by atoms with Crippen molar-refractivity contribution in [1.29, 1.82) is 0 Å². The van der Waals surface area contributed by atoms with E-state index in [9.17, 15) is 4.79 Å². The third-order valence-electron chi connectivity index (χ3n) is 3.19. The molecular formula is C12H12BrN3OS. The lowest BCUT2D eigenvalue weighted by Crippen LogP contribution is -2.29. The van der Waals surface area contributed by atoms with Crippen LogP contribution in [0.4, 0.5) is 5.82 Å². The molecule has 18 heavy (non-hydrogen) atoms. The molecule has 0 fully saturated rings. The molecule has 0 bridgehead atoms. The first-order valence-corrected chi connectivity index (χ1v) is 7.40. The Balaban J connectivity index is 1.89. The number of thioether (sulfide) groups is 1. The summed E-state index contributed by atoms with van der Waals surface area (Å²) in [7, 11) is 0. The number of nitrogen functional groups attached to an aromatic ring is 1. The highest BCUT2D eigenvalue weighted by Gasteiger charge is 2.33. The number of hydrogen-bond donors (Lipinski definition) is 2. The van der Waals surface area contributed by atoms with Gasteiger partial charge >= 0.3 is 0 Å². The van der Waals surface area contributed by atoms with Crippen LogP contribution in [0.1, 0.15) is 23.7 Å². The van der Waals surface area contributed by atoms with Crippen LogP contribution in [0.2, 0.25) is 0 Å². The molecule has 94 valence electrons. The summed E-state index contributed by atoms with van der Waals surface area (Å²) in [6.45, 7) is 0.747. The summed E-state index contributed by atoms with van der Waals surface area (Å²) in [5, 5.41) is 3.09. The monoisotopic (exact) mass is 325 g/mol. The zero-order chi connectivity index (χ0) is 12.7. The SMILES string of the molecule is Nc1ncc(Br)cc1C1CC2=C(S1)C(=O)NCC2. The molecule has 3 rings (SSSR count). The van der Waals surface area contributed by atoms with E-state index >= 15 is 0 Å². The highest BCUT2D eigenvalue weighted by atomic mass is 79.9. The van der Waals surface area contributed by atoms with E-state index in [4.69, 9.17) is 5.73 Å². The van der Waals surface area contributed by atoms with Gasteiger partial charge in [-0.1, -0.05) is 0 Å². The molecule has 4 nitrogen and oxygen atoms in total. The fraction of sp³-hybridized carbons (Fsp3) is 0.333. The molecule has 1 aromatic heterocycles. The Labute approximate surface area is 118 Å². The number of carbonyl (C=O) groups is 1. The number of nitrogens with two attached hydrogens (primary N) is 1. The predicted molar refractivity (Wildman–Crippen MR) is 76.0 cm³/mol. The number of halogens is 1. The van der Waals surface area contributed by atoms with E-state index in [0.717, 1.165) is 34.3 Å². The molecule has 1 aromatic rings. The van der Waals surface area contributed by atoms with Gasteiger partial charge in [-0.2, -0.15) is 0 Å². The van der Waals surface area contributed by atoms with Crippen LogP contribution in [0.15, 0.2) is 27.2 Å². The maximum atomic E-state index is 11.8. The molecule has 1 amide bonds.